The molecule has 2 aliphatic rings. The van der Waals surface area contributed by atoms with Gasteiger partial charge in [0.25, 0.3) is 0 Å². The summed E-state index contributed by atoms with van der Waals surface area (Å²) in [7, 11) is 1.52. The number of hydrogen-bond acceptors (Lipinski definition) is 5. The molecule has 2 aliphatic heterocycles. The number of ether oxygens (including phenoxy) is 2. The maximum Gasteiger partial charge on any atom is 0.235 e. The van der Waals surface area contributed by atoms with E-state index < -0.39 is 17.3 Å². The number of hydrogen-bond donors (Lipinski definition) is 2. The Morgan fingerprint density at radius 3 is 2.93 bits per heavy atom. The highest BCUT2D eigenvalue weighted by Crippen LogP contribution is 2.42. The van der Waals surface area contributed by atoms with E-state index in [0.29, 0.717) is 30.1 Å². The molecule has 2 unspecified atom stereocenters. The van der Waals surface area contributed by atoms with Crippen LogP contribution in [0, 0.1) is 28.5 Å². The van der Waals surface area contributed by atoms with Gasteiger partial charge in [0.05, 0.1) is 24.2 Å². The fourth-order valence-corrected chi connectivity index (χ4v) is 3.89. The van der Waals surface area contributed by atoms with Gasteiger partial charge in [0.15, 0.2) is 5.96 Å². The summed E-state index contributed by atoms with van der Waals surface area (Å²) in [5.74, 6) is -0.641. The number of rotatable bonds is 3. The maximum absolute atomic E-state index is 14.9. The van der Waals surface area contributed by atoms with Crippen LogP contribution in [0.25, 0.3) is 0 Å². The molecule has 2 aromatic carbocycles. The van der Waals surface area contributed by atoms with Crippen LogP contribution in [0.4, 0.5) is 4.39 Å². The zero-order valence-electron chi connectivity index (χ0n) is 15.7. The predicted molar refractivity (Wildman–Crippen MR) is 102 cm³/mol. The first kappa shape index (κ1) is 18.9. The zero-order chi connectivity index (χ0) is 20.6. The van der Waals surface area contributed by atoms with Gasteiger partial charge < -0.3 is 14.8 Å². The van der Waals surface area contributed by atoms with Gasteiger partial charge in [-0.15, -0.1) is 0 Å². The number of fused-ring (bicyclic) bond motifs is 1. The Labute approximate surface area is 167 Å². The van der Waals surface area contributed by atoms with Gasteiger partial charge in [0.1, 0.15) is 22.9 Å². The van der Waals surface area contributed by atoms with Crippen molar-refractivity contribution in [3.05, 3.63) is 59.4 Å². The van der Waals surface area contributed by atoms with E-state index in [1.54, 1.807) is 24.3 Å². The van der Waals surface area contributed by atoms with Gasteiger partial charge in [-0.25, -0.2) is 4.39 Å². The minimum absolute atomic E-state index is 0.0594. The summed E-state index contributed by atoms with van der Waals surface area (Å²) in [6.07, 6.45) is 0.415. The molecule has 2 heterocycles. The second-order valence-electron chi connectivity index (χ2n) is 7.12. The third-order valence-electron chi connectivity index (χ3n) is 5.40. The Morgan fingerprint density at radius 1 is 1.34 bits per heavy atom. The molecule has 29 heavy (non-hydrogen) atoms. The number of guanidine groups is 1. The van der Waals surface area contributed by atoms with Gasteiger partial charge in [-0.3, -0.25) is 15.1 Å². The number of carbonyl (C=O) groups is 1. The maximum atomic E-state index is 14.9. The summed E-state index contributed by atoms with van der Waals surface area (Å²) in [5, 5.41) is 20.2. The van der Waals surface area contributed by atoms with E-state index >= 15 is 0 Å². The van der Waals surface area contributed by atoms with Crippen LogP contribution in [0.2, 0.25) is 0 Å². The number of nitrogens with one attached hydrogen (secondary N) is 2. The molecule has 2 fully saturated rings. The van der Waals surface area contributed by atoms with E-state index in [-0.39, 0.29) is 24.0 Å². The van der Waals surface area contributed by atoms with E-state index in [1.165, 1.54) is 30.1 Å². The third-order valence-corrected chi connectivity index (χ3v) is 5.40. The van der Waals surface area contributed by atoms with Crippen LogP contribution in [0.5, 0.6) is 11.5 Å². The topological polar surface area (TPSA) is 98.4 Å². The van der Waals surface area contributed by atoms with E-state index in [2.05, 4.69) is 5.32 Å². The average Bonchev–Trinajstić information content (AvgIpc) is 2.73. The summed E-state index contributed by atoms with van der Waals surface area (Å²) >= 11 is 0. The molecule has 1 amide bonds. The highest BCUT2D eigenvalue weighted by molar-refractivity contribution is 6.00. The highest BCUT2D eigenvalue weighted by Gasteiger charge is 2.53. The fourth-order valence-electron chi connectivity index (χ4n) is 3.89. The minimum Gasteiger partial charge on any atom is -0.457 e. The SMILES string of the molecule is CN1C(=N)NC2(c3cc(Oc4cccc(C#N)c4)ccc3F)COCCC2C1=O. The Hall–Kier alpha value is -3.44. The largest absolute Gasteiger partial charge is 0.457 e. The monoisotopic (exact) mass is 394 g/mol. The lowest BCUT2D eigenvalue weighted by atomic mass is 9.73. The standard InChI is InChI=1S/C21H19FN4O3/c1-26-19(27)16-7-8-28-12-21(16,25-20(26)24)17-10-15(5-6-18(17)22)29-14-4-2-3-13(9-14)11-23/h2-6,9-10,16H,7-8,12H2,1H3,(H2,24,25). The van der Waals surface area contributed by atoms with Crippen LogP contribution >= 0.6 is 0 Å². The van der Waals surface area contributed by atoms with E-state index in [0.717, 1.165) is 0 Å². The Morgan fingerprint density at radius 2 is 2.14 bits per heavy atom. The van der Waals surface area contributed by atoms with Gasteiger partial charge >= 0.3 is 0 Å². The van der Waals surface area contributed by atoms with Gasteiger partial charge in [-0.2, -0.15) is 5.26 Å². The van der Waals surface area contributed by atoms with Crippen LogP contribution in [0.3, 0.4) is 0 Å². The van der Waals surface area contributed by atoms with Crippen LogP contribution in [0.1, 0.15) is 17.5 Å². The number of benzene rings is 2. The van der Waals surface area contributed by atoms with Crippen molar-refractivity contribution in [2.24, 2.45) is 5.92 Å². The molecule has 2 N–H and O–H groups in total. The Bertz CT molecular complexity index is 1030. The third kappa shape index (κ3) is 3.19. The molecule has 2 saturated heterocycles. The summed E-state index contributed by atoms with van der Waals surface area (Å²) < 4.78 is 26.4. The molecule has 4 rings (SSSR count). The Balaban J connectivity index is 1.75. The lowest BCUT2D eigenvalue weighted by molar-refractivity contribution is -0.143. The average molecular weight is 394 g/mol. The van der Waals surface area contributed by atoms with E-state index in [1.807, 2.05) is 6.07 Å². The molecule has 2 atom stereocenters. The first-order valence-corrected chi connectivity index (χ1v) is 9.15. The Kier molecular flexibility index (Phi) is 4.68. The smallest absolute Gasteiger partial charge is 0.235 e. The lowest BCUT2D eigenvalue weighted by Crippen LogP contribution is -2.68. The van der Waals surface area contributed by atoms with Crippen LogP contribution in [0.15, 0.2) is 42.5 Å². The number of amides is 1. The molecular weight excluding hydrogens is 375 g/mol. The normalized spacial score (nSPS) is 23.8. The number of nitrogens with zero attached hydrogens (tertiary/aromatic N) is 2. The van der Waals surface area contributed by atoms with Crippen LogP contribution < -0.4 is 10.1 Å². The molecule has 7 nitrogen and oxygen atoms in total. The molecule has 0 aliphatic carbocycles. The number of nitriles is 1. The van der Waals surface area contributed by atoms with Crippen molar-refractivity contribution in [2.45, 2.75) is 12.0 Å². The van der Waals surface area contributed by atoms with E-state index in [4.69, 9.17) is 20.1 Å². The lowest BCUT2D eigenvalue weighted by Gasteiger charge is -2.49. The second-order valence-corrected chi connectivity index (χ2v) is 7.12. The summed E-state index contributed by atoms with van der Waals surface area (Å²) in [4.78, 5) is 14.0. The number of carbonyl (C=O) groups excluding carboxylic acids is 1. The first-order valence-electron chi connectivity index (χ1n) is 9.15. The van der Waals surface area contributed by atoms with Gasteiger partial charge in [-0.05, 0) is 42.8 Å². The highest BCUT2D eigenvalue weighted by atomic mass is 19.1. The summed E-state index contributed by atoms with van der Waals surface area (Å²) in [6, 6.07) is 13.0. The second kappa shape index (κ2) is 7.18. The fraction of sp³-hybridized carbons (Fsp3) is 0.286. The summed E-state index contributed by atoms with van der Waals surface area (Å²) in [6.45, 7) is 0.448. The molecule has 0 spiro atoms. The molecule has 0 saturated carbocycles. The van der Waals surface area contributed by atoms with Crippen LogP contribution in [-0.2, 0) is 15.1 Å². The molecule has 8 heteroatoms. The zero-order valence-corrected chi connectivity index (χ0v) is 15.7. The van der Waals surface area contributed by atoms with Gasteiger partial charge in [0.2, 0.25) is 5.91 Å². The van der Waals surface area contributed by atoms with Crippen molar-refractivity contribution in [1.29, 1.82) is 10.7 Å². The van der Waals surface area contributed by atoms with Crippen LogP contribution in [-0.4, -0.2) is 37.0 Å². The quantitative estimate of drug-likeness (QED) is 0.834. The predicted octanol–water partition coefficient (Wildman–Crippen LogP) is 2.72. The van der Waals surface area contributed by atoms with E-state index in [9.17, 15) is 9.18 Å². The molecular formula is C21H19FN4O3. The summed E-state index contributed by atoms with van der Waals surface area (Å²) in [5.41, 5.74) is -0.529. The van der Waals surface area contributed by atoms with Crippen molar-refractivity contribution in [2.75, 3.05) is 20.3 Å². The molecule has 2 aromatic rings. The van der Waals surface area contributed by atoms with Crippen molar-refractivity contribution in [1.82, 2.24) is 10.2 Å². The van der Waals surface area contributed by atoms with Gasteiger partial charge in [0, 0.05) is 19.2 Å². The van der Waals surface area contributed by atoms with Gasteiger partial charge in [-0.1, -0.05) is 6.07 Å². The van der Waals surface area contributed by atoms with Crippen molar-refractivity contribution < 1.29 is 18.7 Å². The minimum atomic E-state index is -1.18. The first-order chi connectivity index (χ1) is 13.9. The van der Waals surface area contributed by atoms with Crippen molar-refractivity contribution >= 4 is 11.9 Å². The number of halogens is 1. The molecule has 148 valence electrons. The van der Waals surface area contributed by atoms with Crippen molar-refractivity contribution in [3.8, 4) is 17.6 Å². The molecule has 0 bridgehead atoms. The molecule has 0 radical (unpaired) electrons. The van der Waals surface area contributed by atoms with Crippen molar-refractivity contribution in [3.63, 3.8) is 0 Å². The molecule has 0 aromatic heterocycles.